The van der Waals surface area contributed by atoms with Crippen molar-refractivity contribution in [3.63, 3.8) is 0 Å². The number of anilines is 1. The van der Waals surface area contributed by atoms with Crippen molar-refractivity contribution >= 4 is 11.6 Å². The number of hydrogen-bond donors (Lipinski definition) is 1. The van der Waals surface area contributed by atoms with E-state index >= 15 is 0 Å². The van der Waals surface area contributed by atoms with Gasteiger partial charge in [0.25, 0.3) is 0 Å². The third-order valence-electron chi connectivity index (χ3n) is 3.69. The molecule has 0 spiro atoms. The minimum atomic E-state index is -0.106. The van der Waals surface area contributed by atoms with Crippen LogP contribution in [0.2, 0.25) is 0 Å². The van der Waals surface area contributed by atoms with Gasteiger partial charge in [-0.05, 0) is 24.3 Å². The normalized spacial score (nSPS) is 10.8. The summed E-state index contributed by atoms with van der Waals surface area (Å²) in [7, 11) is 0. The Morgan fingerprint density at radius 2 is 2.04 bits per heavy atom. The van der Waals surface area contributed by atoms with Gasteiger partial charge in [0.05, 0.1) is 19.0 Å². The highest BCUT2D eigenvalue weighted by Crippen LogP contribution is 2.22. The summed E-state index contributed by atoms with van der Waals surface area (Å²) in [5, 5.41) is 15.1. The molecule has 3 heterocycles. The maximum absolute atomic E-state index is 11.1. The Kier molecular flexibility index (Phi) is 4.06. The molecule has 26 heavy (non-hydrogen) atoms. The lowest BCUT2D eigenvalue weighted by molar-refractivity contribution is -0.114. The van der Waals surface area contributed by atoms with E-state index in [0.29, 0.717) is 23.8 Å². The summed E-state index contributed by atoms with van der Waals surface area (Å²) in [5.74, 6) is 1.09. The van der Waals surface area contributed by atoms with Gasteiger partial charge in [0.15, 0.2) is 5.76 Å². The average molecular weight is 349 g/mol. The third-order valence-corrected chi connectivity index (χ3v) is 3.69. The van der Waals surface area contributed by atoms with Crippen LogP contribution in [0.15, 0.2) is 63.9 Å². The number of nitrogens with one attached hydrogen (secondary N) is 1. The molecule has 0 aliphatic carbocycles. The molecule has 4 aromatic rings. The Morgan fingerprint density at radius 3 is 2.77 bits per heavy atom. The molecule has 0 aliphatic rings. The summed E-state index contributed by atoms with van der Waals surface area (Å²) in [6, 6.07) is 12.8. The lowest BCUT2D eigenvalue weighted by Gasteiger charge is -2.02. The first-order valence-corrected chi connectivity index (χ1v) is 7.95. The van der Waals surface area contributed by atoms with E-state index in [1.165, 1.54) is 6.92 Å². The van der Waals surface area contributed by atoms with Crippen LogP contribution in [0.3, 0.4) is 0 Å². The maximum Gasteiger partial charge on any atom is 0.221 e. The van der Waals surface area contributed by atoms with Crippen molar-refractivity contribution < 1.29 is 13.7 Å². The number of benzene rings is 1. The molecule has 130 valence electrons. The minimum Gasteiger partial charge on any atom is -0.461 e. The Balaban J connectivity index is 1.47. The van der Waals surface area contributed by atoms with Gasteiger partial charge in [-0.15, -0.1) is 5.10 Å². The van der Waals surface area contributed by atoms with Crippen molar-refractivity contribution in [3.05, 3.63) is 60.6 Å². The van der Waals surface area contributed by atoms with Crippen molar-refractivity contribution in [2.45, 2.75) is 13.5 Å². The Labute approximate surface area is 148 Å². The van der Waals surface area contributed by atoms with Gasteiger partial charge < -0.3 is 14.3 Å². The van der Waals surface area contributed by atoms with Gasteiger partial charge >= 0.3 is 0 Å². The van der Waals surface area contributed by atoms with Gasteiger partial charge in [-0.2, -0.15) is 0 Å². The molecule has 0 bridgehead atoms. The zero-order valence-corrected chi connectivity index (χ0v) is 13.9. The van der Waals surface area contributed by atoms with Crippen molar-refractivity contribution in [1.29, 1.82) is 0 Å². The zero-order valence-electron chi connectivity index (χ0n) is 13.9. The van der Waals surface area contributed by atoms with Gasteiger partial charge in [0.1, 0.15) is 11.4 Å². The molecule has 0 atom stereocenters. The molecular formula is C18H15N5O3. The summed E-state index contributed by atoms with van der Waals surface area (Å²) < 4.78 is 12.2. The van der Waals surface area contributed by atoms with Gasteiger partial charge in [-0.25, -0.2) is 4.68 Å². The molecule has 8 heteroatoms. The molecule has 0 fully saturated rings. The lowest BCUT2D eigenvalue weighted by atomic mass is 10.1. The maximum atomic E-state index is 11.1. The van der Waals surface area contributed by atoms with Crippen LogP contribution >= 0.6 is 0 Å². The van der Waals surface area contributed by atoms with Gasteiger partial charge in [0.2, 0.25) is 11.7 Å². The number of hydrogen-bond acceptors (Lipinski definition) is 6. The van der Waals surface area contributed by atoms with E-state index in [-0.39, 0.29) is 5.91 Å². The second-order valence-corrected chi connectivity index (χ2v) is 5.72. The molecule has 0 radical (unpaired) electrons. The quantitative estimate of drug-likeness (QED) is 0.594. The summed E-state index contributed by atoms with van der Waals surface area (Å²) >= 11 is 0. The van der Waals surface area contributed by atoms with E-state index in [4.69, 9.17) is 8.94 Å². The van der Waals surface area contributed by atoms with Gasteiger partial charge in [-0.1, -0.05) is 22.5 Å². The van der Waals surface area contributed by atoms with Crippen LogP contribution in [0.1, 0.15) is 12.6 Å². The second-order valence-electron chi connectivity index (χ2n) is 5.72. The van der Waals surface area contributed by atoms with Gasteiger partial charge in [0, 0.05) is 24.2 Å². The van der Waals surface area contributed by atoms with Crippen molar-refractivity contribution in [3.8, 4) is 22.8 Å². The number of nitrogens with zero attached hydrogens (tertiary/aromatic N) is 4. The van der Waals surface area contributed by atoms with Crippen LogP contribution < -0.4 is 5.32 Å². The lowest BCUT2D eigenvalue weighted by Crippen LogP contribution is -2.05. The van der Waals surface area contributed by atoms with Crippen molar-refractivity contribution in [2.24, 2.45) is 0 Å². The first kappa shape index (κ1) is 15.8. The molecule has 1 amide bonds. The molecule has 1 aromatic carbocycles. The van der Waals surface area contributed by atoms with E-state index in [0.717, 1.165) is 16.9 Å². The number of aromatic nitrogens is 4. The van der Waals surface area contributed by atoms with E-state index in [2.05, 4.69) is 20.8 Å². The molecule has 0 aliphatic heterocycles. The van der Waals surface area contributed by atoms with Gasteiger partial charge in [-0.3, -0.25) is 4.79 Å². The van der Waals surface area contributed by atoms with E-state index in [9.17, 15) is 4.79 Å². The van der Waals surface area contributed by atoms with E-state index in [1.807, 2.05) is 42.6 Å². The molecule has 0 saturated heterocycles. The first-order valence-electron chi connectivity index (χ1n) is 7.95. The predicted molar refractivity (Wildman–Crippen MR) is 93.1 cm³/mol. The molecule has 3 aromatic heterocycles. The fourth-order valence-electron chi connectivity index (χ4n) is 2.52. The minimum absolute atomic E-state index is 0.106. The SMILES string of the molecule is CC(=O)Nc1ccc(-c2cn(Cc3cc(-c4ccco4)on3)nn2)cc1. The van der Waals surface area contributed by atoms with Crippen LogP contribution in [0, 0.1) is 0 Å². The number of amides is 1. The summed E-state index contributed by atoms with van der Waals surface area (Å²) in [6.45, 7) is 1.90. The second kappa shape index (κ2) is 6.67. The monoisotopic (exact) mass is 349 g/mol. The highest BCUT2D eigenvalue weighted by molar-refractivity contribution is 5.88. The number of furan rings is 1. The summed E-state index contributed by atoms with van der Waals surface area (Å²) in [5.41, 5.74) is 3.09. The highest BCUT2D eigenvalue weighted by Gasteiger charge is 2.11. The zero-order chi connectivity index (χ0) is 17.9. The average Bonchev–Trinajstić information content (AvgIpc) is 3.37. The smallest absolute Gasteiger partial charge is 0.221 e. The predicted octanol–water partition coefficient (Wildman–Crippen LogP) is 3.20. The van der Waals surface area contributed by atoms with Crippen LogP contribution in [0.5, 0.6) is 0 Å². The molecule has 0 saturated carbocycles. The van der Waals surface area contributed by atoms with Crippen LogP contribution in [-0.2, 0) is 11.3 Å². The molecule has 0 unspecified atom stereocenters. The highest BCUT2D eigenvalue weighted by atomic mass is 16.5. The third kappa shape index (κ3) is 3.39. The van der Waals surface area contributed by atoms with Crippen LogP contribution in [0.25, 0.3) is 22.8 Å². The van der Waals surface area contributed by atoms with E-state index < -0.39 is 0 Å². The number of carbonyl (C=O) groups is 1. The molecule has 1 N–H and O–H groups in total. The molecular weight excluding hydrogens is 334 g/mol. The van der Waals surface area contributed by atoms with Crippen molar-refractivity contribution in [1.82, 2.24) is 20.2 Å². The van der Waals surface area contributed by atoms with Crippen LogP contribution in [-0.4, -0.2) is 26.1 Å². The summed E-state index contributed by atoms with van der Waals surface area (Å²) in [6.07, 6.45) is 3.41. The first-order chi connectivity index (χ1) is 12.7. The van der Waals surface area contributed by atoms with E-state index in [1.54, 1.807) is 17.0 Å². The Bertz CT molecular complexity index is 1020. The topological polar surface area (TPSA) is 99.0 Å². The Hall–Kier alpha value is -3.68. The number of carbonyl (C=O) groups excluding carboxylic acids is 1. The number of rotatable bonds is 5. The summed E-state index contributed by atoms with van der Waals surface area (Å²) in [4.78, 5) is 11.1. The molecule has 8 nitrogen and oxygen atoms in total. The van der Waals surface area contributed by atoms with Crippen molar-refractivity contribution in [2.75, 3.05) is 5.32 Å². The molecule has 4 rings (SSSR count). The standard InChI is InChI=1S/C18H15N5O3/c1-12(24)19-14-6-4-13(5-7-14)16-11-23(22-20-16)10-15-9-18(26-21-15)17-3-2-8-25-17/h2-9,11H,10H2,1H3,(H,19,24). The largest absolute Gasteiger partial charge is 0.461 e. The Morgan fingerprint density at radius 1 is 1.19 bits per heavy atom. The van der Waals surface area contributed by atoms with Crippen LogP contribution in [0.4, 0.5) is 5.69 Å². The fraction of sp³-hybridized carbons (Fsp3) is 0.111. The fourth-order valence-corrected chi connectivity index (χ4v) is 2.52.